The highest BCUT2D eigenvalue weighted by Gasteiger charge is 2.20. The molecular formula is C12H15F3N2O. The third kappa shape index (κ3) is 3.46. The van der Waals surface area contributed by atoms with Crippen LogP contribution in [0.4, 0.5) is 13.2 Å². The van der Waals surface area contributed by atoms with Gasteiger partial charge in [-0.05, 0) is 19.4 Å². The molecule has 0 radical (unpaired) electrons. The number of halogens is 3. The summed E-state index contributed by atoms with van der Waals surface area (Å²) in [6.07, 6.45) is 1.10. The Kier molecular flexibility index (Phi) is 5.15. The lowest BCUT2D eigenvalue weighted by molar-refractivity contribution is 0.0925. The highest BCUT2D eigenvalue weighted by molar-refractivity contribution is 5.94. The zero-order chi connectivity index (χ0) is 13.7. The molecule has 6 heteroatoms. The number of nitrogens with one attached hydrogen (secondary N) is 1. The minimum Gasteiger partial charge on any atom is -0.349 e. The first kappa shape index (κ1) is 14.5. The van der Waals surface area contributed by atoms with Crippen LogP contribution in [-0.4, -0.2) is 18.5 Å². The Hall–Kier alpha value is -1.56. The van der Waals surface area contributed by atoms with E-state index < -0.39 is 28.9 Å². The summed E-state index contributed by atoms with van der Waals surface area (Å²) in [6.45, 7) is 2.17. The number of hydrogen-bond donors (Lipinski definition) is 2. The van der Waals surface area contributed by atoms with Gasteiger partial charge in [-0.15, -0.1) is 0 Å². The van der Waals surface area contributed by atoms with Gasteiger partial charge in [0, 0.05) is 18.2 Å². The molecule has 18 heavy (non-hydrogen) atoms. The summed E-state index contributed by atoms with van der Waals surface area (Å²) in [4.78, 5) is 11.7. The van der Waals surface area contributed by atoms with Crippen molar-refractivity contribution in [1.29, 1.82) is 0 Å². The lowest BCUT2D eigenvalue weighted by Crippen LogP contribution is -2.36. The second kappa shape index (κ2) is 6.39. The highest BCUT2D eigenvalue weighted by Crippen LogP contribution is 2.15. The van der Waals surface area contributed by atoms with Gasteiger partial charge in [-0.2, -0.15) is 0 Å². The van der Waals surface area contributed by atoms with Gasteiger partial charge in [0.2, 0.25) is 0 Å². The fraction of sp³-hybridized carbons (Fsp3) is 0.417. The van der Waals surface area contributed by atoms with Crippen LogP contribution < -0.4 is 11.1 Å². The fourth-order valence-corrected chi connectivity index (χ4v) is 1.60. The fourth-order valence-electron chi connectivity index (χ4n) is 1.60. The number of nitrogens with two attached hydrogens (primary N) is 1. The number of benzene rings is 1. The van der Waals surface area contributed by atoms with Crippen LogP contribution in [0.1, 0.15) is 30.1 Å². The number of rotatable bonds is 5. The molecule has 0 aliphatic carbocycles. The minimum atomic E-state index is -1.22. The Morgan fingerprint density at radius 1 is 1.33 bits per heavy atom. The van der Waals surface area contributed by atoms with E-state index in [0.29, 0.717) is 31.5 Å². The zero-order valence-electron chi connectivity index (χ0n) is 9.97. The predicted octanol–water partition coefficient (Wildman–Crippen LogP) is 1.96. The van der Waals surface area contributed by atoms with Crippen molar-refractivity contribution in [2.45, 2.75) is 25.8 Å². The first-order valence-corrected chi connectivity index (χ1v) is 5.65. The number of hydrogen-bond acceptors (Lipinski definition) is 2. The molecule has 0 bridgehead atoms. The molecule has 1 aromatic rings. The van der Waals surface area contributed by atoms with Gasteiger partial charge >= 0.3 is 0 Å². The van der Waals surface area contributed by atoms with Crippen LogP contribution in [0.3, 0.4) is 0 Å². The quantitative estimate of drug-likeness (QED) is 0.850. The smallest absolute Gasteiger partial charge is 0.257 e. The van der Waals surface area contributed by atoms with Crippen molar-refractivity contribution in [1.82, 2.24) is 5.32 Å². The van der Waals surface area contributed by atoms with Gasteiger partial charge in [-0.3, -0.25) is 4.79 Å². The minimum absolute atomic E-state index is 0.258. The molecule has 0 saturated heterocycles. The van der Waals surface area contributed by atoms with Crippen molar-refractivity contribution >= 4 is 5.91 Å². The lowest BCUT2D eigenvalue weighted by atomic mass is 10.1. The summed E-state index contributed by atoms with van der Waals surface area (Å²) in [6, 6.07) is 0.690. The molecule has 1 rings (SSSR count). The maximum absolute atomic E-state index is 13.3. The van der Waals surface area contributed by atoms with E-state index in [1.165, 1.54) is 0 Å². The lowest BCUT2D eigenvalue weighted by Gasteiger charge is -2.16. The van der Waals surface area contributed by atoms with E-state index in [-0.39, 0.29) is 6.04 Å². The number of amides is 1. The summed E-state index contributed by atoms with van der Waals surface area (Å²) < 4.78 is 39.4. The van der Waals surface area contributed by atoms with Gasteiger partial charge in [0.1, 0.15) is 23.0 Å². The molecule has 0 aromatic heterocycles. The van der Waals surface area contributed by atoms with Gasteiger partial charge in [-0.25, -0.2) is 13.2 Å². The van der Waals surface area contributed by atoms with E-state index in [9.17, 15) is 18.0 Å². The van der Waals surface area contributed by atoms with E-state index in [4.69, 9.17) is 5.73 Å². The van der Waals surface area contributed by atoms with Crippen molar-refractivity contribution < 1.29 is 18.0 Å². The van der Waals surface area contributed by atoms with Crippen LogP contribution in [0.5, 0.6) is 0 Å². The normalized spacial score (nSPS) is 12.3. The Labute approximate surface area is 103 Å². The zero-order valence-corrected chi connectivity index (χ0v) is 9.97. The maximum Gasteiger partial charge on any atom is 0.257 e. The van der Waals surface area contributed by atoms with Gasteiger partial charge in [0.25, 0.3) is 5.91 Å². The van der Waals surface area contributed by atoms with Gasteiger partial charge in [0.15, 0.2) is 0 Å². The molecule has 0 fully saturated rings. The van der Waals surface area contributed by atoms with Crippen molar-refractivity contribution in [2.75, 3.05) is 6.54 Å². The van der Waals surface area contributed by atoms with Crippen LogP contribution in [0.25, 0.3) is 0 Å². The molecule has 100 valence electrons. The molecule has 0 saturated carbocycles. The van der Waals surface area contributed by atoms with Crippen LogP contribution >= 0.6 is 0 Å². The summed E-state index contributed by atoms with van der Waals surface area (Å²) in [5.74, 6) is -4.39. The first-order chi connectivity index (χ1) is 8.49. The topological polar surface area (TPSA) is 55.1 Å². The average Bonchev–Trinajstić information content (AvgIpc) is 2.26. The van der Waals surface area contributed by atoms with Crippen molar-refractivity contribution in [2.24, 2.45) is 5.73 Å². The highest BCUT2D eigenvalue weighted by atomic mass is 19.1. The number of carbonyl (C=O) groups is 1. The Morgan fingerprint density at radius 2 is 1.89 bits per heavy atom. The van der Waals surface area contributed by atoms with Gasteiger partial charge in [-0.1, -0.05) is 6.92 Å². The predicted molar refractivity (Wildman–Crippen MR) is 61.5 cm³/mol. The summed E-state index contributed by atoms with van der Waals surface area (Å²) in [7, 11) is 0. The maximum atomic E-state index is 13.3. The third-order valence-corrected chi connectivity index (χ3v) is 2.58. The van der Waals surface area contributed by atoms with Crippen LogP contribution in [0.15, 0.2) is 12.1 Å². The van der Waals surface area contributed by atoms with E-state index in [2.05, 4.69) is 5.32 Å². The SMILES string of the molecule is CCC(CCN)NC(=O)c1c(F)cc(F)cc1F. The summed E-state index contributed by atoms with van der Waals surface area (Å²) in [5.41, 5.74) is 4.58. The van der Waals surface area contributed by atoms with E-state index >= 15 is 0 Å². The van der Waals surface area contributed by atoms with Gasteiger partial charge in [0.05, 0.1) is 0 Å². The van der Waals surface area contributed by atoms with Crippen LogP contribution in [0, 0.1) is 17.5 Å². The van der Waals surface area contributed by atoms with Crippen molar-refractivity contribution in [3.63, 3.8) is 0 Å². The van der Waals surface area contributed by atoms with Gasteiger partial charge < -0.3 is 11.1 Å². The standard InChI is InChI=1S/C12H15F3N2O/c1-2-8(3-4-16)17-12(18)11-9(14)5-7(13)6-10(11)15/h5-6,8H,2-4,16H2,1H3,(H,17,18). The molecule has 0 spiro atoms. The largest absolute Gasteiger partial charge is 0.349 e. The average molecular weight is 260 g/mol. The van der Waals surface area contributed by atoms with Crippen LogP contribution in [-0.2, 0) is 0 Å². The second-order valence-corrected chi connectivity index (χ2v) is 3.90. The molecule has 0 aliphatic heterocycles. The molecule has 1 atom stereocenters. The molecule has 0 aliphatic rings. The van der Waals surface area contributed by atoms with E-state index in [0.717, 1.165) is 0 Å². The molecule has 1 unspecified atom stereocenters. The van der Waals surface area contributed by atoms with Crippen molar-refractivity contribution in [3.05, 3.63) is 35.1 Å². The number of carbonyl (C=O) groups excluding carboxylic acids is 1. The Bertz CT molecular complexity index is 414. The third-order valence-electron chi connectivity index (χ3n) is 2.58. The monoisotopic (exact) mass is 260 g/mol. The molecule has 1 amide bonds. The first-order valence-electron chi connectivity index (χ1n) is 5.65. The van der Waals surface area contributed by atoms with Crippen LogP contribution in [0.2, 0.25) is 0 Å². The Morgan fingerprint density at radius 3 is 2.33 bits per heavy atom. The van der Waals surface area contributed by atoms with E-state index in [1.54, 1.807) is 0 Å². The Balaban J connectivity index is 2.90. The second-order valence-electron chi connectivity index (χ2n) is 3.90. The molecule has 1 aromatic carbocycles. The molecule has 3 nitrogen and oxygen atoms in total. The molecule has 0 heterocycles. The van der Waals surface area contributed by atoms with Crippen molar-refractivity contribution in [3.8, 4) is 0 Å². The summed E-state index contributed by atoms with van der Waals surface area (Å²) >= 11 is 0. The van der Waals surface area contributed by atoms with E-state index in [1.807, 2.05) is 6.92 Å². The molecule has 3 N–H and O–H groups in total. The molecular weight excluding hydrogens is 245 g/mol. The summed E-state index contributed by atoms with van der Waals surface area (Å²) in [5, 5.41) is 2.46.